The molecule has 0 atom stereocenters. The predicted octanol–water partition coefficient (Wildman–Crippen LogP) is 3.80. The SMILES string of the molecule is Cc1ccc(NC(=O)CC2(CS)CC2)cc1Br. The maximum absolute atomic E-state index is 11.9. The number of hydrogen-bond donors (Lipinski definition) is 2. The standard InChI is InChI=1S/C13H16BrNOS/c1-9-2-3-10(6-11(9)14)15-12(16)7-13(8-17)4-5-13/h2-3,6,17H,4-5,7-8H2,1H3,(H,15,16). The van der Waals surface area contributed by atoms with Gasteiger partial charge in [0.1, 0.15) is 0 Å². The third-order valence-electron chi connectivity index (χ3n) is 3.28. The molecule has 0 heterocycles. The van der Waals surface area contributed by atoms with Gasteiger partial charge in [-0.15, -0.1) is 0 Å². The molecule has 0 saturated heterocycles. The summed E-state index contributed by atoms with van der Waals surface area (Å²) >= 11 is 7.77. The van der Waals surface area contributed by atoms with Crippen molar-refractivity contribution in [1.29, 1.82) is 0 Å². The van der Waals surface area contributed by atoms with Crippen molar-refractivity contribution in [1.82, 2.24) is 0 Å². The monoisotopic (exact) mass is 313 g/mol. The summed E-state index contributed by atoms with van der Waals surface area (Å²) in [7, 11) is 0. The zero-order valence-electron chi connectivity index (χ0n) is 9.79. The van der Waals surface area contributed by atoms with Gasteiger partial charge in [0.05, 0.1) is 0 Å². The van der Waals surface area contributed by atoms with Crippen LogP contribution in [0.15, 0.2) is 22.7 Å². The minimum Gasteiger partial charge on any atom is -0.326 e. The van der Waals surface area contributed by atoms with Crippen molar-refractivity contribution in [3.63, 3.8) is 0 Å². The first-order chi connectivity index (χ1) is 8.04. The molecule has 92 valence electrons. The van der Waals surface area contributed by atoms with Gasteiger partial charge in [-0.05, 0) is 48.6 Å². The van der Waals surface area contributed by atoms with E-state index in [0.717, 1.165) is 34.3 Å². The fourth-order valence-electron chi connectivity index (χ4n) is 1.78. The van der Waals surface area contributed by atoms with E-state index in [4.69, 9.17) is 0 Å². The Morgan fingerprint density at radius 3 is 2.76 bits per heavy atom. The molecule has 0 aliphatic heterocycles. The van der Waals surface area contributed by atoms with Gasteiger partial charge in [-0.2, -0.15) is 12.6 Å². The van der Waals surface area contributed by atoms with Gasteiger partial charge in [-0.1, -0.05) is 22.0 Å². The number of thiol groups is 1. The number of carbonyl (C=O) groups is 1. The van der Waals surface area contributed by atoms with E-state index in [-0.39, 0.29) is 11.3 Å². The molecule has 1 saturated carbocycles. The van der Waals surface area contributed by atoms with E-state index in [0.29, 0.717) is 6.42 Å². The summed E-state index contributed by atoms with van der Waals surface area (Å²) in [5, 5.41) is 2.94. The summed E-state index contributed by atoms with van der Waals surface area (Å²) in [6.07, 6.45) is 2.84. The molecule has 0 spiro atoms. The zero-order valence-corrected chi connectivity index (χ0v) is 12.3. The normalized spacial score (nSPS) is 16.6. The molecule has 17 heavy (non-hydrogen) atoms. The summed E-state index contributed by atoms with van der Waals surface area (Å²) < 4.78 is 1.02. The second-order valence-electron chi connectivity index (χ2n) is 4.85. The van der Waals surface area contributed by atoms with Crippen molar-refractivity contribution in [2.45, 2.75) is 26.2 Å². The van der Waals surface area contributed by atoms with Crippen molar-refractivity contribution in [3.05, 3.63) is 28.2 Å². The molecule has 1 aromatic rings. The van der Waals surface area contributed by atoms with Gasteiger partial charge in [0.2, 0.25) is 5.91 Å². The Bertz CT molecular complexity index is 443. The van der Waals surface area contributed by atoms with Gasteiger partial charge in [0.25, 0.3) is 0 Å². The van der Waals surface area contributed by atoms with Crippen molar-refractivity contribution in [2.75, 3.05) is 11.1 Å². The fraction of sp³-hybridized carbons (Fsp3) is 0.462. The Kier molecular flexibility index (Phi) is 3.83. The fourth-order valence-corrected chi connectivity index (χ4v) is 2.59. The number of rotatable bonds is 4. The minimum absolute atomic E-state index is 0.0901. The first-order valence-electron chi connectivity index (χ1n) is 5.72. The zero-order chi connectivity index (χ0) is 12.5. The second-order valence-corrected chi connectivity index (χ2v) is 6.02. The molecule has 2 rings (SSSR count). The van der Waals surface area contributed by atoms with Crippen LogP contribution in [0.25, 0.3) is 0 Å². The first-order valence-corrected chi connectivity index (χ1v) is 7.14. The molecule has 0 unspecified atom stereocenters. The van der Waals surface area contributed by atoms with Gasteiger partial charge >= 0.3 is 0 Å². The van der Waals surface area contributed by atoms with Gasteiger partial charge in [-0.25, -0.2) is 0 Å². The molecule has 1 aliphatic carbocycles. The molecular formula is C13H16BrNOS. The topological polar surface area (TPSA) is 29.1 Å². The van der Waals surface area contributed by atoms with Gasteiger partial charge in [0.15, 0.2) is 0 Å². The van der Waals surface area contributed by atoms with Crippen LogP contribution in [0.4, 0.5) is 5.69 Å². The molecule has 1 aromatic carbocycles. The number of benzene rings is 1. The van der Waals surface area contributed by atoms with E-state index in [1.807, 2.05) is 25.1 Å². The number of nitrogens with one attached hydrogen (secondary N) is 1. The largest absolute Gasteiger partial charge is 0.326 e. The van der Waals surface area contributed by atoms with Crippen molar-refractivity contribution < 1.29 is 4.79 Å². The number of amides is 1. The number of hydrogen-bond acceptors (Lipinski definition) is 2. The van der Waals surface area contributed by atoms with Gasteiger partial charge in [-0.3, -0.25) is 4.79 Å². The smallest absolute Gasteiger partial charge is 0.224 e. The van der Waals surface area contributed by atoms with Crippen LogP contribution in [0, 0.1) is 12.3 Å². The molecule has 0 radical (unpaired) electrons. The Labute approximate surface area is 116 Å². The van der Waals surface area contributed by atoms with E-state index in [1.54, 1.807) is 0 Å². The van der Waals surface area contributed by atoms with Crippen LogP contribution < -0.4 is 5.32 Å². The summed E-state index contributed by atoms with van der Waals surface area (Å²) in [5.74, 6) is 0.894. The van der Waals surface area contributed by atoms with E-state index in [2.05, 4.69) is 33.9 Å². The molecule has 4 heteroatoms. The van der Waals surface area contributed by atoms with Crippen LogP contribution >= 0.6 is 28.6 Å². The average Bonchev–Trinajstić information content (AvgIpc) is 3.04. The van der Waals surface area contributed by atoms with Crippen LogP contribution in [0.2, 0.25) is 0 Å². The minimum atomic E-state index is 0.0901. The van der Waals surface area contributed by atoms with E-state index in [9.17, 15) is 4.79 Å². The first kappa shape index (κ1) is 13.0. The molecule has 0 aromatic heterocycles. The molecule has 0 bridgehead atoms. The van der Waals surface area contributed by atoms with Gasteiger partial charge < -0.3 is 5.32 Å². The molecule has 1 N–H and O–H groups in total. The maximum Gasteiger partial charge on any atom is 0.224 e. The highest BCUT2D eigenvalue weighted by molar-refractivity contribution is 9.10. The van der Waals surface area contributed by atoms with E-state index < -0.39 is 0 Å². The Morgan fingerprint density at radius 1 is 1.53 bits per heavy atom. The van der Waals surface area contributed by atoms with Gasteiger partial charge in [0, 0.05) is 16.6 Å². The van der Waals surface area contributed by atoms with Crippen LogP contribution in [0.3, 0.4) is 0 Å². The second kappa shape index (κ2) is 5.02. The van der Waals surface area contributed by atoms with E-state index >= 15 is 0 Å². The third-order valence-corrected chi connectivity index (χ3v) is 4.81. The van der Waals surface area contributed by atoms with Crippen LogP contribution in [0.5, 0.6) is 0 Å². The summed E-state index contributed by atoms with van der Waals surface area (Å²) in [5.41, 5.74) is 2.19. The third kappa shape index (κ3) is 3.26. The lowest BCUT2D eigenvalue weighted by Crippen LogP contribution is -2.18. The van der Waals surface area contributed by atoms with Crippen molar-refractivity contribution in [2.24, 2.45) is 5.41 Å². The molecule has 2 nitrogen and oxygen atoms in total. The Hall–Kier alpha value is -0.480. The van der Waals surface area contributed by atoms with Crippen LogP contribution in [0.1, 0.15) is 24.8 Å². The Morgan fingerprint density at radius 2 is 2.24 bits per heavy atom. The lowest BCUT2D eigenvalue weighted by Gasteiger charge is -2.12. The van der Waals surface area contributed by atoms with Crippen molar-refractivity contribution in [3.8, 4) is 0 Å². The van der Waals surface area contributed by atoms with Crippen LogP contribution in [-0.2, 0) is 4.79 Å². The number of aryl methyl sites for hydroxylation is 1. The molecule has 1 amide bonds. The summed E-state index contributed by atoms with van der Waals surface area (Å²) in [6.45, 7) is 2.02. The Balaban J connectivity index is 1.96. The predicted molar refractivity (Wildman–Crippen MR) is 77.6 cm³/mol. The van der Waals surface area contributed by atoms with Crippen LogP contribution in [-0.4, -0.2) is 11.7 Å². The quantitative estimate of drug-likeness (QED) is 0.813. The highest BCUT2D eigenvalue weighted by Crippen LogP contribution is 2.49. The molecule has 1 aliphatic rings. The number of anilines is 1. The number of halogens is 1. The highest BCUT2D eigenvalue weighted by Gasteiger charge is 2.42. The maximum atomic E-state index is 11.9. The molecule has 1 fully saturated rings. The number of carbonyl (C=O) groups excluding carboxylic acids is 1. The highest BCUT2D eigenvalue weighted by atomic mass is 79.9. The molecular weight excluding hydrogens is 298 g/mol. The lowest BCUT2D eigenvalue weighted by molar-refractivity contribution is -0.117. The van der Waals surface area contributed by atoms with E-state index in [1.165, 1.54) is 0 Å². The summed E-state index contributed by atoms with van der Waals surface area (Å²) in [4.78, 5) is 11.9. The van der Waals surface area contributed by atoms with Crippen molar-refractivity contribution >= 4 is 40.2 Å². The average molecular weight is 314 g/mol. The summed E-state index contributed by atoms with van der Waals surface area (Å²) in [6, 6.07) is 5.86. The lowest BCUT2D eigenvalue weighted by atomic mass is 10.1.